The van der Waals surface area contributed by atoms with Crippen LogP contribution in [-0.4, -0.2) is 28.2 Å². The second-order valence-corrected chi connectivity index (χ2v) is 5.63. The van der Waals surface area contributed by atoms with Gasteiger partial charge in [0, 0.05) is 13.2 Å². The lowest BCUT2D eigenvalue weighted by Gasteiger charge is -2.04. The third-order valence-corrected chi connectivity index (χ3v) is 3.69. The van der Waals surface area contributed by atoms with Crippen molar-refractivity contribution in [2.24, 2.45) is 7.05 Å². The Balaban J connectivity index is 2.10. The Labute approximate surface area is 109 Å². The molecule has 0 aliphatic heterocycles. The summed E-state index contributed by atoms with van der Waals surface area (Å²) in [5.41, 5.74) is 0. The van der Waals surface area contributed by atoms with Gasteiger partial charge in [-0.25, -0.2) is 23.1 Å². The third-order valence-electron chi connectivity index (χ3n) is 2.08. The molecule has 9 heteroatoms. The van der Waals surface area contributed by atoms with Gasteiger partial charge in [-0.1, -0.05) is 11.6 Å². The summed E-state index contributed by atoms with van der Waals surface area (Å²) in [7, 11) is -1.92. The standard InChI is InChI=1S/C9H10ClN5O2S/c1-15-6-12-9(14-15)5-13-18(16,17)7-2-3-8(10)11-4-7/h2-4,6,13H,5H2,1H3. The summed E-state index contributed by atoms with van der Waals surface area (Å²) < 4.78 is 27.6. The molecule has 2 aromatic heterocycles. The van der Waals surface area contributed by atoms with Gasteiger partial charge < -0.3 is 0 Å². The molecule has 18 heavy (non-hydrogen) atoms. The van der Waals surface area contributed by atoms with Gasteiger partial charge in [0.15, 0.2) is 5.82 Å². The summed E-state index contributed by atoms with van der Waals surface area (Å²) >= 11 is 5.59. The van der Waals surface area contributed by atoms with E-state index >= 15 is 0 Å². The van der Waals surface area contributed by atoms with Crippen LogP contribution in [0.5, 0.6) is 0 Å². The van der Waals surface area contributed by atoms with Crippen molar-refractivity contribution in [3.05, 3.63) is 35.6 Å². The Morgan fingerprint density at radius 1 is 1.39 bits per heavy atom. The lowest BCUT2D eigenvalue weighted by molar-refractivity contribution is 0.578. The van der Waals surface area contributed by atoms with Crippen molar-refractivity contribution in [2.45, 2.75) is 11.4 Å². The molecule has 0 saturated carbocycles. The molecule has 0 bridgehead atoms. The van der Waals surface area contributed by atoms with Crippen molar-refractivity contribution in [1.29, 1.82) is 0 Å². The molecule has 2 rings (SSSR count). The Hall–Kier alpha value is -1.51. The van der Waals surface area contributed by atoms with E-state index in [1.807, 2.05) is 0 Å². The first-order valence-electron chi connectivity index (χ1n) is 4.93. The van der Waals surface area contributed by atoms with Gasteiger partial charge in [0.2, 0.25) is 10.0 Å². The van der Waals surface area contributed by atoms with Gasteiger partial charge in [0.1, 0.15) is 16.4 Å². The predicted octanol–water partition coefficient (Wildman–Crippen LogP) is 0.342. The number of pyridine rings is 1. The van der Waals surface area contributed by atoms with Gasteiger partial charge in [0.05, 0.1) is 6.54 Å². The molecule has 0 amide bonds. The van der Waals surface area contributed by atoms with E-state index in [2.05, 4.69) is 19.8 Å². The quantitative estimate of drug-likeness (QED) is 0.819. The van der Waals surface area contributed by atoms with E-state index in [0.29, 0.717) is 5.82 Å². The lowest BCUT2D eigenvalue weighted by Crippen LogP contribution is -2.24. The summed E-state index contributed by atoms with van der Waals surface area (Å²) in [6.07, 6.45) is 2.68. The van der Waals surface area contributed by atoms with Crippen LogP contribution in [0, 0.1) is 0 Å². The normalized spacial score (nSPS) is 11.7. The minimum atomic E-state index is -3.63. The first-order chi connectivity index (χ1) is 8.47. The number of halogens is 1. The molecule has 0 aromatic carbocycles. The van der Waals surface area contributed by atoms with Crippen molar-refractivity contribution in [3.8, 4) is 0 Å². The molecule has 7 nitrogen and oxygen atoms in total. The number of sulfonamides is 1. The highest BCUT2D eigenvalue weighted by Gasteiger charge is 2.14. The number of nitrogens with one attached hydrogen (secondary N) is 1. The highest BCUT2D eigenvalue weighted by atomic mass is 35.5. The molecule has 1 N–H and O–H groups in total. The molecule has 0 aliphatic carbocycles. The van der Waals surface area contributed by atoms with E-state index in [0.717, 1.165) is 0 Å². The average Bonchev–Trinajstić information content (AvgIpc) is 2.73. The van der Waals surface area contributed by atoms with Crippen molar-refractivity contribution in [2.75, 3.05) is 0 Å². The smallest absolute Gasteiger partial charge is 0.242 e. The molecule has 0 radical (unpaired) electrons. The molecule has 2 heterocycles. The van der Waals surface area contributed by atoms with E-state index in [1.165, 1.54) is 29.3 Å². The Morgan fingerprint density at radius 2 is 2.17 bits per heavy atom. The minimum Gasteiger partial charge on any atom is -0.256 e. The van der Waals surface area contributed by atoms with Gasteiger partial charge in [-0.05, 0) is 12.1 Å². The first-order valence-corrected chi connectivity index (χ1v) is 6.79. The van der Waals surface area contributed by atoms with Gasteiger partial charge in [0.25, 0.3) is 0 Å². The van der Waals surface area contributed by atoms with E-state index in [-0.39, 0.29) is 16.6 Å². The monoisotopic (exact) mass is 287 g/mol. The largest absolute Gasteiger partial charge is 0.256 e. The molecule has 96 valence electrons. The van der Waals surface area contributed by atoms with Crippen LogP contribution in [-0.2, 0) is 23.6 Å². The van der Waals surface area contributed by atoms with Crippen LogP contribution in [0.25, 0.3) is 0 Å². The molecule has 0 saturated heterocycles. The van der Waals surface area contributed by atoms with Crippen molar-refractivity contribution < 1.29 is 8.42 Å². The second kappa shape index (κ2) is 5.01. The third kappa shape index (κ3) is 3.03. The van der Waals surface area contributed by atoms with Crippen LogP contribution < -0.4 is 4.72 Å². The fourth-order valence-corrected chi connectivity index (χ4v) is 2.27. The van der Waals surface area contributed by atoms with Crippen LogP contribution in [0.4, 0.5) is 0 Å². The fraction of sp³-hybridized carbons (Fsp3) is 0.222. The zero-order valence-electron chi connectivity index (χ0n) is 9.41. The van der Waals surface area contributed by atoms with E-state index in [4.69, 9.17) is 11.6 Å². The Kier molecular flexibility index (Phi) is 3.60. The summed E-state index contributed by atoms with van der Waals surface area (Å²) in [5.74, 6) is 0.392. The molecule has 0 unspecified atom stereocenters. The van der Waals surface area contributed by atoms with Crippen molar-refractivity contribution >= 4 is 21.6 Å². The topological polar surface area (TPSA) is 89.8 Å². The van der Waals surface area contributed by atoms with Gasteiger partial charge in [-0.3, -0.25) is 4.68 Å². The highest BCUT2D eigenvalue weighted by molar-refractivity contribution is 7.89. The highest BCUT2D eigenvalue weighted by Crippen LogP contribution is 2.10. The summed E-state index contributed by atoms with van der Waals surface area (Å²) in [4.78, 5) is 7.67. The van der Waals surface area contributed by atoms with Crippen LogP contribution in [0.2, 0.25) is 5.15 Å². The Bertz CT molecular complexity index is 637. The lowest BCUT2D eigenvalue weighted by atomic mass is 10.5. The molecule has 2 aromatic rings. The number of aryl methyl sites for hydroxylation is 1. The number of hydrogen-bond donors (Lipinski definition) is 1. The van der Waals surface area contributed by atoms with Crippen molar-refractivity contribution in [1.82, 2.24) is 24.5 Å². The molecule has 0 spiro atoms. The number of rotatable bonds is 4. The summed E-state index contributed by atoms with van der Waals surface area (Å²) in [6, 6.07) is 2.79. The van der Waals surface area contributed by atoms with E-state index < -0.39 is 10.0 Å². The molecule has 0 atom stereocenters. The number of nitrogens with zero attached hydrogens (tertiary/aromatic N) is 4. The first kappa shape index (κ1) is 12.9. The molecular weight excluding hydrogens is 278 g/mol. The average molecular weight is 288 g/mol. The van der Waals surface area contributed by atoms with E-state index in [1.54, 1.807) is 7.05 Å². The fourth-order valence-electron chi connectivity index (χ4n) is 1.23. The van der Waals surface area contributed by atoms with Gasteiger partial charge in [-0.2, -0.15) is 5.10 Å². The SMILES string of the molecule is Cn1cnc(CNS(=O)(=O)c2ccc(Cl)nc2)n1. The van der Waals surface area contributed by atoms with Crippen molar-refractivity contribution in [3.63, 3.8) is 0 Å². The van der Waals surface area contributed by atoms with Crippen LogP contribution in [0.15, 0.2) is 29.6 Å². The molecule has 0 fully saturated rings. The summed E-state index contributed by atoms with van der Waals surface area (Å²) in [6.45, 7) is 0.0196. The van der Waals surface area contributed by atoms with E-state index in [9.17, 15) is 8.42 Å². The van der Waals surface area contributed by atoms with Crippen LogP contribution >= 0.6 is 11.6 Å². The van der Waals surface area contributed by atoms with Gasteiger partial charge in [-0.15, -0.1) is 0 Å². The summed E-state index contributed by atoms with van der Waals surface area (Å²) in [5, 5.41) is 4.20. The zero-order chi connectivity index (χ0) is 13.2. The Morgan fingerprint density at radius 3 is 2.72 bits per heavy atom. The van der Waals surface area contributed by atoms with Crippen LogP contribution in [0.1, 0.15) is 5.82 Å². The minimum absolute atomic E-state index is 0.0196. The predicted molar refractivity (Wildman–Crippen MR) is 64.3 cm³/mol. The van der Waals surface area contributed by atoms with Gasteiger partial charge >= 0.3 is 0 Å². The maximum atomic E-state index is 11.9. The maximum Gasteiger partial charge on any atom is 0.242 e. The molecule has 0 aliphatic rings. The number of hydrogen-bond acceptors (Lipinski definition) is 5. The zero-order valence-corrected chi connectivity index (χ0v) is 11.0. The van der Waals surface area contributed by atoms with Crippen LogP contribution in [0.3, 0.4) is 0 Å². The number of aromatic nitrogens is 4. The second-order valence-electron chi connectivity index (χ2n) is 3.48. The maximum absolute atomic E-state index is 11.9. The molecular formula is C9H10ClN5O2S.